The maximum Gasteiger partial charge on any atom is 0.273 e. The minimum Gasteiger partial charge on any atom is -0.343 e. The van der Waals surface area contributed by atoms with Gasteiger partial charge in [0.1, 0.15) is 0 Å². The Labute approximate surface area is 104 Å². The van der Waals surface area contributed by atoms with E-state index in [-0.39, 0.29) is 5.91 Å². The highest BCUT2D eigenvalue weighted by Gasteiger charge is 2.13. The maximum absolute atomic E-state index is 11.7. The van der Waals surface area contributed by atoms with Crippen LogP contribution < -0.4 is 0 Å². The minimum atomic E-state index is -0.197. The van der Waals surface area contributed by atoms with Crippen molar-refractivity contribution in [3.05, 3.63) is 41.9 Å². The first-order valence-corrected chi connectivity index (χ1v) is 5.31. The van der Waals surface area contributed by atoms with Crippen molar-refractivity contribution >= 4 is 12.2 Å². The molecular weight excluding hydrogens is 232 g/mol. The Morgan fingerprint density at radius 3 is 2.83 bits per heavy atom. The number of hydrogen-bond acceptors (Lipinski definition) is 4. The molecule has 2 aromatic rings. The van der Waals surface area contributed by atoms with Crippen molar-refractivity contribution in [3.63, 3.8) is 0 Å². The van der Waals surface area contributed by atoms with Crippen LogP contribution in [0.4, 0.5) is 0 Å². The van der Waals surface area contributed by atoms with E-state index in [1.807, 2.05) is 0 Å². The molecule has 2 aromatic heterocycles. The second-order valence-corrected chi connectivity index (χ2v) is 3.88. The number of nitrogens with zero attached hydrogens (tertiary/aromatic N) is 4. The van der Waals surface area contributed by atoms with Crippen LogP contribution in [0.3, 0.4) is 0 Å². The van der Waals surface area contributed by atoms with E-state index in [0.29, 0.717) is 23.4 Å². The topological polar surface area (TPSA) is 68.1 Å². The monoisotopic (exact) mass is 244 g/mol. The third-order valence-electron chi connectivity index (χ3n) is 2.38. The van der Waals surface area contributed by atoms with Gasteiger partial charge in [-0.1, -0.05) is 0 Å². The summed E-state index contributed by atoms with van der Waals surface area (Å²) in [6.45, 7) is 0. The van der Waals surface area contributed by atoms with Crippen LogP contribution in [0.5, 0.6) is 0 Å². The van der Waals surface area contributed by atoms with Gasteiger partial charge in [0.05, 0.1) is 5.56 Å². The lowest BCUT2D eigenvalue weighted by Gasteiger charge is -2.07. The van der Waals surface area contributed by atoms with E-state index in [0.717, 1.165) is 0 Å². The molecule has 6 heteroatoms. The van der Waals surface area contributed by atoms with Gasteiger partial charge in [0, 0.05) is 26.5 Å². The fourth-order valence-electron chi connectivity index (χ4n) is 1.48. The van der Waals surface area contributed by atoms with Crippen molar-refractivity contribution in [2.75, 3.05) is 14.1 Å². The molecule has 0 spiro atoms. The fraction of sp³-hybridized carbons (Fsp3) is 0.167. The van der Waals surface area contributed by atoms with Crippen molar-refractivity contribution in [2.24, 2.45) is 0 Å². The number of amides is 1. The lowest BCUT2D eigenvalue weighted by atomic mass is 10.3. The van der Waals surface area contributed by atoms with Crippen LogP contribution in [0.25, 0.3) is 5.82 Å². The van der Waals surface area contributed by atoms with Gasteiger partial charge in [-0.05, 0) is 18.2 Å². The molecular formula is C12H12N4O2. The molecule has 0 aliphatic heterocycles. The molecule has 1 amide bonds. The molecule has 0 aromatic carbocycles. The minimum absolute atomic E-state index is 0.197. The molecule has 0 saturated carbocycles. The number of pyridine rings is 1. The summed E-state index contributed by atoms with van der Waals surface area (Å²) < 4.78 is 1.42. The molecule has 2 heterocycles. The molecule has 0 N–H and O–H groups in total. The van der Waals surface area contributed by atoms with Gasteiger partial charge in [-0.3, -0.25) is 9.59 Å². The van der Waals surface area contributed by atoms with Gasteiger partial charge in [0.25, 0.3) is 5.91 Å². The smallest absolute Gasteiger partial charge is 0.273 e. The van der Waals surface area contributed by atoms with E-state index in [2.05, 4.69) is 10.1 Å². The van der Waals surface area contributed by atoms with Gasteiger partial charge >= 0.3 is 0 Å². The summed E-state index contributed by atoms with van der Waals surface area (Å²) in [5.41, 5.74) is 0.729. The van der Waals surface area contributed by atoms with Crippen LogP contribution >= 0.6 is 0 Å². The highest BCUT2D eigenvalue weighted by Crippen LogP contribution is 2.09. The average molecular weight is 244 g/mol. The third kappa shape index (κ3) is 2.13. The predicted molar refractivity (Wildman–Crippen MR) is 64.8 cm³/mol. The van der Waals surface area contributed by atoms with E-state index in [9.17, 15) is 9.59 Å². The van der Waals surface area contributed by atoms with Crippen LogP contribution in [0.15, 0.2) is 30.6 Å². The fourth-order valence-corrected chi connectivity index (χ4v) is 1.48. The SMILES string of the molecule is CN(C)C(=O)c1ccn(-c2ncccc2C=O)n1. The third-order valence-corrected chi connectivity index (χ3v) is 2.38. The summed E-state index contributed by atoms with van der Waals surface area (Å²) in [5.74, 6) is 0.211. The van der Waals surface area contributed by atoms with Gasteiger partial charge in [-0.2, -0.15) is 5.10 Å². The van der Waals surface area contributed by atoms with Gasteiger partial charge in [0.2, 0.25) is 0 Å². The van der Waals surface area contributed by atoms with Crippen LogP contribution in [-0.4, -0.2) is 46.0 Å². The van der Waals surface area contributed by atoms with Crippen molar-refractivity contribution in [2.45, 2.75) is 0 Å². The molecule has 0 aliphatic rings. The van der Waals surface area contributed by atoms with E-state index in [1.165, 1.54) is 9.58 Å². The second-order valence-electron chi connectivity index (χ2n) is 3.88. The Kier molecular flexibility index (Phi) is 3.18. The Bertz CT molecular complexity index is 589. The Morgan fingerprint density at radius 1 is 1.39 bits per heavy atom. The van der Waals surface area contributed by atoms with Gasteiger partial charge in [0.15, 0.2) is 17.8 Å². The summed E-state index contributed by atoms with van der Waals surface area (Å²) in [5, 5.41) is 4.11. The Hall–Kier alpha value is -2.50. The standard InChI is InChI=1S/C12H12N4O2/c1-15(2)12(18)10-5-7-16(14-10)11-9(8-17)4-3-6-13-11/h3-8H,1-2H3. The number of aromatic nitrogens is 3. The first kappa shape index (κ1) is 12.0. The molecule has 0 fully saturated rings. The van der Waals surface area contributed by atoms with Gasteiger partial charge in [-0.25, -0.2) is 9.67 Å². The van der Waals surface area contributed by atoms with Crippen molar-refractivity contribution in [3.8, 4) is 5.82 Å². The molecule has 0 aliphatic carbocycles. The highest BCUT2D eigenvalue weighted by molar-refractivity contribution is 5.91. The molecule has 0 unspecified atom stereocenters. The van der Waals surface area contributed by atoms with E-state index in [1.54, 1.807) is 44.7 Å². The Balaban J connectivity index is 2.41. The number of carbonyl (C=O) groups is 2. The highest BCUT2D eigenvalue weighted by atomic mass is 16.2. The van der Waals surface area contributed by atoms with Crippen molar-refractivity contribution in [1.82, 2.24) is 19.7 Å². The van der Waals surface area contributed by atoms with E-state index < -0.39 is 0 Å². The predicted octanol–water partition coefficient (Wildman–Crippen LogP) is 0.782. The van der Waals surface area contributed by atoms with Crippen LogP contribution in [0, 0.1) is 0 Å². The van der Waals surface area contributed by atoms with Gasteiger partial charge < -0.3 is 4.90 Å². The number of hydrogen-bond donors (Lipinski definition) is 0. The molecule has 92 valence electrons. The maximum atomic E-state index is 11.7. The molecule has 0 bridgehead atoms. The second kappa shape index (κ2) is 4.79. The van der Waals surface area contributed by atoms with Crippen molar-refractivity contribution < 1.29 is 9.59 Å². The van der Waals surface area contributed by atoms with Crippen LogP contribution in [0.1, 0.15) is 20.8 Å². The number of aldehydes is 1. The zero-order chi connectivity index (χ0) is 13.1. The van der Waals surface area contributed by atoms with E-state index in [4.69, 9.17) is 0 Å². The van der Waals surface area contributed by atoms with Crippen molar-refractivity contribution in [1.29, 1.82) is 0 Å². The normalized spacial score (nSPS) is 10.1. The Morgan fingerprint density at radius 2 is 2.17 bits per heavy atom. The quantitative estimate of drug-likeness (QED) is 0.748. The van der Waals surface area contributed by atoms with Crippen LogP contribution in [0.2, 0.25) is 0 Å². The number of rotatable bonds is 3. The molecule has 6 nitrogen and oxygen atoms in total. The summed E-state index contributed by atoms with van der Waals surface area (Å²) in [4.78, 5) is 28.1. The summed E-state index contributed by atoms with van der Waals surface area (Å²) in [6.07, 6.45) is 3.88. The molecule has 18 heavy (non-hydrogen) atoms. The first-order chi connectivity index (χ1) is 8.63. The zero-order valence-electron chi connectivity index (χ0n) is 10.1. The summed E-state index contributed by atoms with van der Waals surface area (Å²) in [6, 6.07) is 4.90. The molecule has 0 atom stereocenters. The van der Waals surface area contributed by atoms with E-state index >= 15 is 0 Å². The molecule has 2 rings (SSSR count). The lowest BCUT2D eigenvalue weighted by Crippen LogP contribution is -2.22. The summed E-state index contributed by atoms with van der Waals surface area (Å²) >= 11 is 0. The summed E-state index contributed by atoms with van der Waals surface area (Å²) in [7, 11) is 3.30. The number of carbonyl (C=O) groups excluding carboxylic acids is 2. The average Bonchev–Trinajstić information content (AvgIpc) is 2.87. The first-order valence-electron chi connectivity index (χ1n) is 5.31. The van der Waals surface area contributed by atoms with Gasteiger partial charge in [-0.15, -0.1) is 0 Å². The lowest BCUT2D eigenvalue weighted by molar-refractivity contribution is 0.0821. The molecule has 0 radical (unpaired) electrons. The largest absolute Gasteiger partial charge is 0.343 e. The molecule has 0 saturated heterocycles. The zero-order valence-corrected chi connectivity index (χ0v) is 10.1. The van der Waals surface area contributed by atoms with Crippen LogP contribution in [-0.2, 0) is 0 Å².